The van der Waals surface area contributed by atoms with Gasteiger partial charge in [0.25, 0.3) is 0 Å². The molecule has 7 nitrogen and oxygen atoms in total. The van der Waals surface area contributed by atoms with Crippen molar-refractivity contribution in [3.05, 3.63) is 70.4 Å². The summed E-state index contributed by atoms with van der Waals surface area (Å²) in [4.78, 5) is 35.7. The van der Waals surface area contributed by atoms with Crippen molar-refractivity contribution in [1.29, 1.82) is 0 Å². The summed E-state index contributed by atoms with van der Waals surface area (Å²) < 4.78 is 39.8. The van der Waals surface area contributed by atoms with Crippen LogP contribution in [0.3, 0.4) is 0 Å². The normalized spacial score (nSPS) is 14.9. The Morgan fingerprint density at radius 1 is 1.05 bits per heavy atom. The maximum absolute atomic E-state index is 13.0. The molecule has 3 aromatic heterocycles. The lowest BCUT2D eigenvalue weighted by molar-refractivity contribution is -0.138. The molecule has 0 saturated carbocycles. The minimum atomic E-state index is -4.47. The summed E-state index contributed by atoms with van der Waals surface area (Å²) >= 11 is 0. The Labute approximate surface area is 213 Å². The van der Waals surface area contributed by atoms with Gasteiger partial charge >= 0.3 is 6.18 Å². The van der Waals surface area contributed by atoms with Gasteiger partial charge in [-0.1, -0.05) is 19.9 Å². The predicted molar refractivity (Wildman–Crippen MR) is 131 cm³/mol. The zero-order valence-corrected chi connectivity index (χ0v) is 21.3. The maximum Gasteiger partial charge on any atom is 0.417 e. The average molecular weight is 514 g/mol. The molecule has 0 N–H and O–H groups in total. The van der Waals surface area contributed by atoms with E-state index in [1.807, 2.05) is 31.7 Å². The quantitative estimate of drug-likeness (QED) is 0.429. The van der Waals surface area contributed by atoms with Crippen molar-refractivity contribution >= 4 is 11.7 Å². The molecule has 10 heteroatoms. The standard InChI is InChI=1S/C27H30F3N5O2/c1-16(2)26(37)34-9-7-20(8-10-34)25-17(3)11-19(13-32-25)12-23(36)22-15-33-35(18(22)4)24-6-5-21(14-31-24)27(28,29)30/h5-6,11,13-16,20H,7-10,12H2,1-4H3. The van der Waals surface area contributed by atoms with E-state index < -0.39 is 11.7 Å². The van der Waals surface area contributed by atoms with Crippen LogP contribution in [0.25, 0.3) is 5.82 Å². The summed E-state index contributed by atoms with van der Waals surface area (Å²) in [6.07, 6.45) is 1.27. The van der Waals surface area contributed by atoms with Crippen LogP contribution in [0.5, 0.6) is 0 Å². The predicted octanol–water partition coefficient (Wildman–Crippen LogP) is 5.09. The highest BCUT2D eigenvalue weighted by Gasteiger charge is 2.31. The number of pyridine rings is 2. The molecule has 0 aliphatic carbocycles. The molecule has 0 aromatic carbocycles. The Morgan fingerprint density at radius 2 is 1.76 bits per heavy atom. The molecule has 4 heterocycles. The van der Waals surface area contributed by atoms with Crippen LogP contribution in [0.2, 0.25) is 0 Å². The number of aryl methyl sites for hydroxylation is 1. The van der Waals surface area contributed by atoms with Gasteiger partial charge in [0, 0.05) is 49.4 Å². The first-order chi connectivity index (χ1) is 17.5. The summed E-state index contributed by atoms with van der Waals surface area (Å²) in [5.74, 6) is 0.496. The fraction of sp³-hybridized carbons (Fsp3) is 0.444. The molecule has 1 aliphatic heterocycles. The van der Waals surface area contributed by atoms with Gasteiger partial charge in [-0.2, -0.15) is 18.3 Å². The number of aromatic nitrogens is 4. The molecule has 1 aliphatic rings. The fourth-order valence-corrected chi connectivity index (χ4v) is 4.78. The smallest absolute Gasteiger partial charge is 0.342 e. The fourth-order valence-electron chi connectivity index (χ4n) is 4.78. The van der Waals surface area contributed by atoms with Crippen LogP contribution in [-0.4, -0.2) is 49.4 Å². The second-order valence-electron chi connectivity index (χ2n) is 9.86. The number of carbonyl (C=O) groups is 2. The highest BCUT2D eigenvalue weighted by Crippen LogP contribution is 2.30. The van der Waals surface area contributed by atoms with Gasteiger partial charge in [0.2, 0.25) is 5.91 Å². The van der Waals surface area contributed by atoms with Crippen molar-refractivity contribution in [2.75, 3.05) is 13.1 Å². The van der Waals surface area contributed by atoms with E-state index >= 15 is 0 Å². The van der Waals surface area contributed by atoms with E-state index in [4.69, 9.17) is 0 Å². The lowest BCUT2D eigenvalue weighted by Crippen LogP contribution is -2.40. The Hall–Kier alpha value is -3.56. The molecule has 1 amide bonds. The van der Waals surface area contributed by atoms with E-state index in [0.717, 1.165) is 55.0 Å². The number of carbonyl (C=O) groups excluding carboxylic acids is 2. The third kappa shape index (κ3) is 5.73. The second-order valence-corrected chi connectivity index (χ2v) is 9.86. The van der Waals surface area contributed by atoms with Crippen LogP contribution in [-0.2, 0) is 17.4 Å². The molecule has 3 aromatic rings. The first kappa shape index (κ1) is 26.5. The minimum Gasteiger partial charge on any atom is -0.342 e. The van der Waals surface area contributed by atoms with Crippen molar-refractivity contribution in [3.8, 4) is 5.82 Å². The summed E-state index contributed by atoms with van der Waals surface area (Å²) in [5.41, 5.74) is 2.83. The molecule has 0 atom stereocenters. The number of amides is 1. The van der Waals surface area contributed by atoms with Gasteiger partial charge in [-0.15, -0.1) is 0 Å². The molecule has 4 rings (SSSR count). The number of alkyl halides is 3. The van der Waals surface area contributed by atoms with Crippen LogP contribution in [0, 0.1) is 19.8 Å². The van der Waals surface area contributed by atoms with E-state index in [9.17, 15) is 22.8 Å². The van der Waals surface area contributed by atoms with Gasteiger partial charge < -0.3 is 4.90 Å². The van der Waals surface area contributed by atoms with Crippen LogP contribution in [0.15, 0.2) is 36.8 Å². The van der Waals surface area contributed by atoms with Gasteiger partial charge in [0.1, 0.15) is 0 Å². The molecule has 1 fully saturated rings. The third-order valence-corrected chi connectivity index (χ3v) is 6.83. The SMILES string of the molecule is Cc1cc(CC(=O)c2cnn(-c3ccc(C(F)(F)F)cn3)c2C)cnc1C1CCN(C(=O)C(C)C)CC1. The number of piperidine rings is 1. The molecule has 1 saturated heterocycles. The van der Waals surface area contributed by atoms with Gasteiger partial charge in [-0.05, 0) is 49.9 Å². The van der Waals surface area contributed by atoms with E-state index in [0.29, 0.717) is 11.3 Å². The van der Waals surface area contributed by atoms with E-state index in [1.165, 1.54) is 16.9 Å². The van der Waals surface area contributed by atoms with Crippen LogP contribution >= 0.6 is 0 Å². The Morgan fingerprint density at radius 3 is 2.32 bits per heavy atom. The highest BCUT2D eigenvalue weighted by atomic mass is 19.4. The summed E-state index contributed by atoms with van der Waals surface area (Å²) in [5, 5.41) is 4.17. The first-order valence-corrected chi connectivity index (χ1v) is 12.3. The van der Waals surface area contributed by atoms with Gasteiger partial charge in [0.05, 0.1) is 23.0 Å². The number of hydrogen-bond donors (Lipinski definition) is 0. The monoisotopic (exact) mass is 513 g/mol. The maximum atomic E-state index is 13.0. The molecular weight excluding hydrogens is 483 g/mol. The van der Waals surface area contributed by atoms with Crippen molar-refractivity contribution in [2.24, 2.45) is 5.92 Å². The van der Waals surface area contributed by atoms with Crippen molar-refractivity contribution in [2.45, 2.75) is 59.1 Å². The van der Waals surface area contributed by atoms with Crippen molar-refractivity contribution < 1.29 is 22.8 Å². The molecule has 0 radical (unpaired) electrons. The van der Waals surface area contributed by atoms with Gasteiger partial charge in [-0.25, -0.2) is 9.67 Å². The summed E-state index contributed by atoms with van der Waals surface area (Å²) in [6, 6.07) is 4.14. The minimum absolute atomic E-state index is 0.00447. The van der Waals surface area contributed by atoms with Gasteiger partial charge in [0.15, 0.2) is 11.6 Å². The Kier molecular flexibility index (Phi) is 7.47. The number of ketones is 1. The van der Waals surface area contributed by atoms with Crippen LogP contribution in [0.4, 0.5) is 13.2 Å². The largest absolute Gasteiger partial charge is 0.417 e. The van der Waals surface area contributed by atoms with E-state index in [2.05, 4.69) is 15.1 Å². The summed E-state index contributed by atoms with van der Waals surface area (Å²) in [6.45, 7) is 8.95. The van der Waals surface area contributed by atoms with Crippen LogP contribution in [0.1, 0.15) is 71.0 Å². The Balaban J connectivity index is 1.43. The number of likely N-dealkylation sites (tertiary alicyclic amines) is 1. The molecular formula is C27H30F3N5O2. The first-order valence-electron chi connectivity index (χ1n) is 12.3. The zero-order valence-electron chi connectivity index (χ0n) is 21.3. The number of Topliss-reactive ketones (excluding diaryl/α,β-unsaturated/α-hetero) is 1. The van der Waals surface area contributed by atoms with Gasteiger partial charge in [-0.3, -0.25) is 14.6 Å². The van der Waals surface area contributed by atoms with Crippen molar-refractivity contribution in [1.82, 2.24) is 24.6 Å². The molecule has 37 heavy (non-hydrogen) atoms. The van der Waals surface area contributed by atoms with Crippen molar-refractivity contribution in [3.63, 3.8) is 0 Å². The third-order valence-electron chi connectivity index (χ3n) is 6.83. The Bertz CT molecular complexity index is 1290. The molecule has 0 unspecified atom stereocenters. The number of hydrogen-bond acceptors (Lipinski definition) is 5. The average Bonchev–Trinajstić information content (AvgIpc) is 3.24. The van der Waals surface area contributed by atoms with Crippen LogP contribution < -0.4 is 0 Å². The molecule has 196 valence electrons. The molecule has 0 bridgehead atoms. The molecule has 0 spiro atoms. The lowest BCUT2D eigenvalue weighted by atomic mass is 9.89. The number of halogens is 3. The zero-order chi connectivity index (χ0) is 26.9. The van der Waals surface area contributed by atoms with E-state index in [1.54, 1.807) is 13.1 Å². The topological polar surface area (TPSA) is 81.0 Å². The lowest BCUT2D eigenvalue weighted by Gasteiger charge is -2.33. The number of rotatable bonds is 6. The van der Waals surface area contributed by atoms with E-state index in [-0.39, 0.29) is 35.8 Å². The number of nitrogens with zero attached hydrogens (tertiary/aromatic N) is 5. The highest BCUT2D eigenvalue weighted by molar-refractivity contribution is 5.98. The summed E-state index contributed by atoms with van der Waals surface area (Å²) in [7, 11) is 0. The second kappa shape index (κ2) is 10.4.